The Labute approximate surface area is 88.9 Å². The van der Waals surface area contributed by atoms with E-state index in [0.717, 1.165) is 3.58 Å². The van der Waals surface area contributed by atoms with E-state index >= 15 is 0 Å². The van der Waals surface area contributed by atoms with Crippen molar-refractivity contribution >= 4 is 51.9 Å². The maximum Gasteiger partial charge on any atom is 0.167 e. The van der Waals surface area contributed by atoms with Gasteiger partial charge < -0.3 is 0 Å². The number of hydrogen-bond donors (Lipinski definition) is 0. The predicted molar refractivity (Wildman–Crippen MR) is 61.3 cm³/mol. The minimum atomic E-state index is 0.197. The van der Waals surface area contributed by atoms with Crippen molar-refractivity contribution in [2.75, 3.05) is 11.5 Å². The van der Waals surface area contributed by atoms with Gasteiger partial charge in [-0.2, -0.15) is 0 Å². The maximum absolute atomic E-state index is 11.0. The molecule has 1 fully saturated rings. The lowest BCUT2D eigenvalue weighted by atomic mass is 10.5. The van der Waals surface area contributed by atoms with Gasteiger partial charge in [0.1, 0.15) is 0 Å². The van der Waals surface area contributed by atoms with Crippen molar-refractivity contribution in [2.45, 2.75) is 13.3 Å². The first-order valence-electron chi connectivity index (χ1n) is 3.38. The van der Waals surface area contributed by atoms with Crippen LogP contribution < -0.4 is 0 Å². The van der Waals surface area contributed by atoms with Gasteiger partial charge in [0.2, 0.25) is 0 Å². The largest absolute Gasteiger partial charge is 0.294 e. The highest BCUT2D eigenvalue weighted by atomic mass is 127. The summed E-state index contributed by atoms with van der Waals surface area (Å²) in [6.45, 7) is 1.63. The number of rotatable bonds is 1. The van der Waals surface area contributed by atoms with Crippen molar-refractivity contribution in [2.24, 2.45) is 0 Å². The van der Waals surface area contributed by atoms with Gasteiger partial charge >= 0.3 is 0 Å². The van der Waals surface area contributed by atoms with Crippen LogP contribution in [-0.4, -0.2) is 17.3 Å². The molecule has 1 heterocycles. The van der Waals surface area contributed by atoms with Gasteiger partial charge in [-0.15, -0.1) is 23.5 Å². The van der Waals surface area contributed by atoms with Crippen LogP contribution in [0.25, 0.3) is 0 Å². The Morgan fingerprint density at radius 3 is 2.45 bits per heavy atom. The van der Waals surface area contributed by atoms with Crippen LogP contribution in [0.5, 0.6) is 0 Å². The summed E-state index contributed by atoms with van der Waals surface area (Å²) >= 11 is 5.77. The molecule has 0 saturated carbocycles. The third-order valence-corrected chi connectivity index (χ3v) is 5.90. The Morgan fingerprint density at radius 1 is 1.45 bits per heavy atom. The first-order valence-corrected chi connectivity index (χ1v) is 6.43. The summed E-state index contributed by atoms with van der Waals surface area (Å²) < 4.78 is 2.14. The molecule has 0 aliphatic carbocycles. The SMILES string of the molecule is CC(=O)C(I)=C1SCCCS1. The second kappa shape index (κ2) is 4.77. The lowest BCUT2D eigenvalue weighted by Crippen LogP contribution is -1.97. The monoisotopic (exact) mass is 300 g/mol. The zero-order chi connectivity index (χ0) is 8.27. The van der Waals surface area contributed by atoms with E-state index < -0.39 is 0 Å². The Morgan fingerprint density at radius 2 is 2.00 bits per heavy atom. The smallest absolute Gasteiger partial charge is 0.167 e. The number of thioether (sulfide) groups is 2. The van der Waals surface area contributed by atoms with Crippen molar-refractivity contribution < 1.29 is 4.79 Å². The number of carbonyl (C=O) groups excluding carboxylic acids is 1. The van der Waals surface area contributed by atoms with E-state index in [1.165, 1.54) is 22.2 Å². The van der Waals surface area contributed by atoms with Crippen molar-refractivity contribution in [3.63, 3.8) is 0 Å². The second-order valence-corrected chi connectivity index (χ2v) is 5.76. The van der Waals surface area contributed by atoms with E-state index in [4.69, 9.17) is 0 Å². The Balaban J connectivity index is 2.68. The van der Waals surface area contributed by atoms with E-state index in [-0.39, 0.29) is 5.78 Å². The minimum Gasteiger partial charge on any atom is -0.294 e. The second-order valence-electron chi connectivity index (χ2n) is 2.21. The van der Waals surface area contributed by atoms with E-state index in [1.807, 2.05) is 23.5 Å². The summed E-state index contributed by atoms with van der Waals surface area (Å²) in [7, 11) is 0. The van der Waals surface area contributed by atoms with Crippen molar-refractivity contribution in [1.82, 2.24) is 0 Å². The molecule has 0 aromatic rings. The average Bonchev–Trinajstić information content (AvgIpc) is 2.05. The molecule has 0 N–H and O–H groups in total. The molecule has 4 heteroatoms. The Hall–Kier alpha value is 0.840. The molecule has 62 valence electrons. The molecule has 0 unspecified atom stereocenters. The summed E-state index contributed by atoms with van der Waals surface area (Å²) in [4.78, 5) is 11.0. The molecule has 1 aliphatic heterocycles. The highest BCUT2D eigenvalue weighted by Gasteiger charge is 2.13. The van der Waals surface area contributed by atoms with E-state index in [2.05, 4.69) is 22.6 Å². The molecule has 0 amide bonds. The molecule has 1 saturated heterocycles. The van der Waals surface area contributed by atoms with Gasteiger partial charge in [-0.05, 0) is 47.4 Å². The van der Waals surface area contributed by atoms with Crippen LogP contribution in [0.1, 0.15) is 13.3 Å². The zero-order valence-corrected chi connectivity index (χ0v) is 10.0. The summed E-state index contributed by atoms with van der Waals surface area (Å²) in [6, 6.07) is 0. The fourth-order valence-electron chi connectivity index (χ4n) is 0.701. The van der Waals surface area contributed by atoms with Crippen LogP contribution in [0, 0.1) is 0 Å². The number of carbonyl (C=O) groups is 1. The molecule has 0 aromatic carbocycles. The first kappa shape index (κ1) is 9.92. The fraction of sp³-hybridized carbons (Fsp3) is 0.571. The standard InChI is InChI=1S/C7H9IOS2/c1-5(9)6(8)7-10-3-2-4-11-7/h2-4H2,1H3. The lowest BCUT2D eigenvalue weighted by Gasteiger charge is -2.13. The van der Waals surface area contributed by atoms with Gasteiger partial charge in [-0.25, -0.2) is 0 Å². The number of Topliss-reactive ketones (excluding diaryl/α,β-unsaturated/α-hetero) is 1. The van der Waals surface area contributed by atoms with Crippen LogP contribution in [-0.2, 0) is 4.79 Å². The van der Waals surface area contributed by atoms with Gasteiger partial charge in [0.05, 0.1) is 7.82 Å². The van der Waals surface area contributed by atoms with Crippen molar-refractivity contribution in [3.05, 3.63) is 7.82 Å². The van der Waals surface area contributed by atoms with Crippen LogP contribution in [0.2, 0.25) is 0 Å². The highest BCUT2D eigenvalue weighted by Crippen LogP contribution is 2.39. The topological polar surface area (TPSA) is 17.1 Å². The molecule has 1 nitrogen and oxygen atoms in total. The normalized spacial score (nSPS) is 18.2. The highest BCUT2D eigenvalue weighted by molar-refractivity contribution is 14.1. The van der Waals surface area contributed by atoms with Gasteiger partial charge in [-0.1, -0.05) is 0 Å². The summed E-state index contributed by atoms with van der Waals surface area (Å²) in [5.41, 5.74) is 0. The number of hydrogen-bond acceptors (Lipinski definition) is 3. The van der Waals surface area contributed by atoms with Gasteiger partial charge in [0.25, 0.3) is 0 Å². The molecule has 0 spiro atoms. The van der Waals surface area contributed by atoms with E-state index in [1.54, 1.807) is 6.92 Å². The summed E-state index contributed by atoms with van der Waals surface area (Å²) in [5.74, 6) is 2.53. The first-order chi connectivity index (χ1) is 5.22. The van der Waals surface area contributed by atoms with Gasteiger partial charge in [0.15, 0.2) is 5.78 Å². The number of ketones is 1. The Kier molecular flexibility index (Phi) is 4.30. The Bertz CT molecular complexity index is 193. The number of halogens is 1. The predicted octanol–water partition coefficient (Wildman–Crippen LogP) is 3.05. The van der Waals surface area contributed by atoms with E-state index in [9.17, 15) is 4.79 Å². The molecule has 0 bridgehead atoms. The van der Waals surface area contributed by atoms with Gasteiger partial charge in [0, 0.05) is 0 Å². The summed E-state index contributed by atoms with van der Waals surface area (Å²) in [5, 5.41) is 0. The zero-order valence-electron chi connectivity index (χ0n) is 6.22. The van der Waals surface area contributed by atoms with Crippen molar-refractivity contribution in [1.29, 1.82) is 0 Å². The average molecular weight is 300 g/mol. The molecule has 0 aromatic heterocycles. The molecule has 0 atom stereocenters. The van der Waals surface area contributed by atoms with Crippen LogP contribution in [0.15, 0.2) is 7.82 Å². The van der Waals surface area contributed by atoms with Gasteiger partial charge in [-0.3, -0.25) is 4.79 Å². The molecule has 11 heavy (non-hydrogen) atoms. The molecular formula is C7H9IOS2. The molecule has 1 aliphatic rings. The third-order valence-electron chi connectivity index (χ3n) is 1.24. The fourth-order valence-corrected chi connectivity index (χ4v) is 4.14. The molecule has 1 rings (SSSR count). The maximum atomic E-state index is 11.0. The van der Waals surface area contributed by atoms with Crippen LogP contribution in [0.4, 0.5) is 0 Å². The van der Waals surface area contributed by atoms with Crippen molar-refractivity contribution in [3.8, 4) is 0 Å². The lowest BCUT2D eigenvalue weighted by molar-refractivity contribution is -0.112. The third kappa shape index (κ3) is 2.99. The summed E-state index contributed by atoms with van der Waals surface area (Å²) in [6.07, 6.45) is 1.26. The number of allylic oxidation sites excluding steroid dienone is 1. The van der Waals surface area contributed by atoms with E-state index in [0.29, 0.717) is 0 Å². The molecular weight excluding hydrogens is 291 g/mol. The minimum absolute atomic E-state index is 0.197. The quantitative estimate of drug-likeness (QED) is 0.547. The molecule has 0 radical (unpaired) electrons. The van der Waals surface area contributed by atoms with Crippen LogP contribution >= 0.6 is 46.1 Å². The van der Waals surface area contributed by atoms with Crippen LogP contribution in [0.3, 0.4) is 0 Å².